The molecule has 0 bridgehead atoms. The summed E-state index contributed by atoms with van der Waals surface area (Å²) in [6, 6.07) is 3.53. The van der Waals surface area contributed by atoms with Crippen molar-refractivity contribution in [2.24, 2.45) is 0 Å². The van der Waals surface area contributed by atoms with Crippen LogP contribution >= 0.6 is 0 Å². The summed E-state index contributed by atoms with van der Waals surface area (Å²) in [5.74, 6) is 1.67. The van der Waals surface area contributed by atoms with Crippen LogP contribution in [0.25, 0.3) is 11.6 Å². The van der Waals surface area contributed by atoms with Crippen molar-refractivity contribution in [3.05, 3.63) is 40.9 Å². The van der Waals surface area contributed by atoms with E-state index in [1.165, 1.54) is 14.2 Å². The van der Waals surface area contributed by atoms with Crippen LogP contribution in [0, 0.1) is 6.92 Å². The lowest BCUT2D eigenvalue weighted by Crippen LogP contribution is -2.36. The number of carbonyl (C=O) groups is 1. The molecule has 4 rings (SSSR count). The number of pyridine rings is 1. The largest absolute Gasteiger partial charge is 0.481 e. The molecule has 30 heavy (non-hydrogen) atoms. The summed E-state index contributed by atoms with van der Waals surface area (Å²) in [4.78, 5) is 23.6. The van der Waals surface area contributed by atoms with Crippen molar-refractivity contribution in [1.82, 2.24) is 24.6 Å². The first kappa shape index (κ1) is 19.9. The molecule has 158 valence electrons. The number of methoxy groups -OCH3 is 2. The zero-order valence-electron chi connectivity index (χ0n) is 17.8. The Kier molecular flexibility index (Phi) is 5.19. The predicted molar refractivity (Wildman–Crippen MR) is 109 cm³/mol. The Balaban J connectivity index is 1.70. The first-order valence-electron chi connectivity index (χ1n) is 9.84. The van der Waals surface area contributed by atoms with E-state index < -0.39 is 0 Å². The van der Waals surface area contributed by atoms with Gasteiger partial charge in [0.15, 0.2) is 5.69 Å². The summed E-state index contributed by atoms with van der Waals surface area (Å²) < 4.78 is 18.2. The lowest BCUT2D eigenvalue weighted by molar-refractivity contribution is 0.0728. The maximum absolute atomic E-state index is 13.3. The van der Waals surface area contributed by atoms with Crippen molar-refractivity contribution in [2.45, 2.75) is 39.8 Å². The van der Waals surface area contributed by atoms with Crippen molar-refractivity contribution < 1.29 is 18.7 Å². The van der Waals surface area contributed by atoms with Crippen LogP contribution < -0.4 is 9.47 Å². The quantitative estimate of drug-likeness (QED) is 0.637. The van der Waals surface area contributed by atoms with E-state index in [4.69, 9.17) is 19.0 Å². The standard InChI is InChI=1S/C21H25N5O4/c1-12(2)26-16-8-9-25(11-15(16)18(24-26)20-22-10-13(3)30-20)21(27)14-6-7-17(28-4)23-19(14)29-5/h6-7,10,12H,8-9,11H2,1-5H3. The van der Waals surface area contributed by atoms with Crippen LogP contribution in [-0.4, -0.2) is 51.3 Å². The molecule has 3 aromatic heterocycles. The summed E-state index contributed by atoms with van der Waals surface area (Å²) in [5.41, 5.74) is 3.15. The number of rotatable bonds is 5. The maximum Gasteiger partial charge on any atom is 0.259 e. The van der Waals surface area contributed by atoms with Crippen LogP contribution in [0.4, 0.5) is 0 Å². The Morgan fingerprint density at radius 2 is 2.03 bits per heavy atom. The SMILES string of the molecule is COc1ccc(C(=O)N2CCc3c(c(-c4ncc(C)o4)nn3C(C)C)C2)c(OC)n1. The van der Waals surface area contributed by atoms with Crippen LogP contribution in [0.15, 0.2) is 22.7 Å². The molecule has 0 aliphatic carbocycles. The van der Waals surface area contributed by atoms with Gasteiger partial charge >= 0.3 is 0 Å². The van der Waals surface area contributed by atoms with E-state index in [0.717, 1.165) is 17.0 Å². The molecular formula is C21H25N5O4. The van der Waals surface area contributed by atoms with E-state index in [0.29, 0.717) is 42.5 Å². The lowest BCUT2D eigenvalue weighted by atomic mass is 10.0. The van der Waals surface area contributed by atoms with Gasteiger partial charge in [0.2, 0.25) is 17.7 Å². The Morgan fingerprint density at radius 3 is 2.67 bits per heavy atom. The van der Waals surface area contributed by atoms with Gasteiger partial charge in [0.25, 0.3) is 5.91 Å². The number of nitrogens with zero attached hydrogens (tertiary/aromatic N) is 5. The molecule has 9 nitrogen and oxygen atoms in total. The van der Waals surface area contributed by atoms with Crippen LogP contribution in [0.3, 0.4) is 0 Å². The second-order valence-electron chi connectivity index (χ2n) is 7.48. The van der Waals surface area contributed by atoms with E-state index >= 15 is 0 Å². The zero-order valence-corrected chi connectivity index (χ0v) is 17.8. The number of amides is 1. The highest BCUT2D eigenvalue weighted by atomic mass is 16.5. The van der Waals surface area contributed by atoms with E-state index in [9.17, 15) is 4.79 Å². The molecule has 0 atom stereocenters. The van der Waals surface area contributed by atoms with E-state index in [2.05, 4.69) is 23.8 Å². The van der Waals surface area contributed by atoms with Gasteiger partial charge in [-0.25, -0.2) is 4.98 Å². The summed E-state index contributed by atoms with van der Waals surface area (Å²) >= 11 is 0. The zero-order chi connectivity index (χ0) is 21.4. The van der Waals surface area contributed by atoms with Gasteiger partial charge in [0, 0.05) is 36.3 Å². The second-order valence-corrected chi connectivity index (χ2v) is 7.48. The monoisotopic (exact) mass is 411 g/mol. The molecule has 0 spiro atoms. The average Bonchev–Trinajstić information content (AvgIpc) is 3.35. The van der Waals surface area contributed by atoms with Crippen LogP contribution in [0.5, 0.6) is 11.8 Å². The Hall–Kier alpha value is -3.36. The van der Waals surface area contributed by atoms with Gasteiger partial charge in [0.1, 0.15) is 11.3 Å². The van der Waals surface area contributed by atoms with Crippen molar-refractivity contribution in [1.29, 1.82) is 0 Å². The molecule has 1 aliphatic heterocycles. The van der Waals surface area contributed by atoms with Gasteiger partial charge in [-0.15, -0.1) is 0 Å². The highest BCUT2D eigenvalue weighted by molar-refractivity contribution is 5.96. The highest BCUT2D eigenvalue weighted by Crippen LogP contribution is 2.32. The van der Waals surface area contributed by atoms with Crippen molar-refractivity contribution in [2.75, 3.05) is 20.8 Å². The topological polar surface area (TPSA) is 95.5 Å². The Bertz CT molecular complexity index is 1090. The summed E-state index contributed by atoms with van der Waals surface area (Å²) in [5, 5.41) is 4.77. The smallest absolute Gasteiger partial charge is 0.259 e. The molecule has 3 aromatic rings. The Labute approximate surface area is 174 Å². The third-order valence-corrected chi connectivity index (χ3v) is 5.15. The fourth-order valence-electron chi connectivity index (χ4n) is 3.71. The van der Waals surface area contributed by atoms with Crippen molar-refractivity contribution >= 4 is 5.91 Å². The number of ether oxygens (including phenoxy) is 2. The molecule has 4 heterocycles. The second kappa shape index (κ2) is 7.81. The van der Waals surface area contributed by atoms with Gasteiger partial charge in [-0.2, -0.15) is 10.1 Å². The third kappa shape index (κ3) is 3.40. The normalized spacial score (nSPS) is 13.5. The molecule has 0 fully saturated rings. The summed E-state index contributed by atoms with van der Waals surface area (Å²) in [6.45, 7) is 7.00. The van der Waals surface area contributed by atoms with E-state index in [1.54, 1.807) is 23.2 Å². The third-order valence-electron chi connectivity index (χ3n) is 5.15. The highest BCUT2D eigenvalue weighted by Gasteiger charge is 2.32. The molecule has 0 N–H and O–H groups in total. The summed E-state index contributed by atoms with van der Waals surface area (Å²) in [6.07, 6.45) is 2.37. The number of fused-ring (bicyclic) bond motifs is 1. The Morgan fingerprint density at radius 1 is 1.23 bits per heavy atom. The number of aromatic nitrogens is 4. The fraction of sp³-hybridized carbons (Fsp3) is 0.429. The number of hydrogen-bond donors (Lipinski definition) is 0. The first-order chi connectivity index (χ1) is 14.4. The van der Waals surface area contributed by atoms with Crippen molar-refractivity contribution in [3.63, 3.8) is 0 Å². The molecule has 0 radical (unpaired) electrons. The molecule has 1 aliphatic rings. The number of carbonyl (C=O) groups excluding carboxylic acids is 1. The maximum atomic E-state index is 13.3. The van der Waals surface area contributed by atoms with Crippen LogP contribution in [0.2, 0.25) is 0 Å². The minimum atomic E-state index is -0.153. The molecule has 0 saturated heterocycles. The van der Waals surface area contributed by atoms with Crippen LogP contribution in [0.1, 0.15) is 47.3 Å². The molecule has 0 aromatic carbocycles. The van der Waals surface area contributed by atoms with Gasteiger partial charge in [-0.05, 0) is 26.8 Å². The lowest BCUT2D eigenvalue weighted by Gasteiger charge is -2.28. The molecule has 9 heteroatoms. The molecule has 0 saturated carbocycles. The van der Waals surface area contributed by atoms with Crippen LogP contribution in [-0.2, 0) is 13.0 Å². The predicted octanol–water partition coefficient (Wildman–Crippen LogP) is 3.04. The van der Waals surface area contributed by atoms with Crippen molar-refractivity contribution in [3.8, 4) is 23.3 Å². The van der Waals surface area contributed by atoms with E-state index in [1.807, 2.05) is 11.6 Å². The number of oxazole rings is 1. The van der Waals surface area contributed by atoms with E-state index in [-0.39, 0.29) is 17.8 Å². The van der Waals surface area contributed by atoms with Gasteiger partial charge in [-0.1, -0.05) is 0 Å². The molecule has 1 amide bonds. The van der Waals surface area contributed by atoms with Gasteiger partial charge in [0.05, 0.1) is 27.0 Å². The molecule has 0 unspecified atom stereocenters. The van der Waals surface area contributed by atoms with Gasteiger partial charge in [-0.3, -0.25) is 9.48 Å². The fourth-order valence-corrected chi connectivity index (χ4v) is 3.71. The molecular weight excluding hydrogens is 386 g/mol. The first-order valence-corrected chi connectivity index (χ1v) is 9.84. The average molecular weight is 411 g/mol. The minimum Gasteiger partial charge on any atom is -0.481 e. The number of aryl methyl sites for hydroxylation is 1. The summed E-state index contributed by atoms with van der Waals surface area (Å²) in [7, 11) is 3.01. The minimum absolute atomic E-state index is 0.153. The number of hydrogen-bond acceptors (Lipinski definition) is 7. The van der Waals surface area contributed by atoms with Gasteiger partial charge < -0.3 is 18.8 Å².